The molecule has 3 fully saturated rings. The minimum atomic E-state index is -0.392. The van der Waals surface area contributed by atoms with Gasteiger partial charge in [-0.1, -0.05) is 31.4 Å². The van der Waals surface area contributed by atoms with E-state index in [2.05, 4.69) is 37.5 Å². The van der Waals surface area contributed by atoms with Crippen molar-refractivity contribution in [3.05, 3.63) is 11.6 Å². The fraction of sp³-hybridized carbons (Fsp3) is 0.846. The van der Waals surface area contributed by atoms with Crippen molar-refractivity contribution >= 4 is 12.0 Å². The Hall–Kier alpha value is -1.64. The Morgan fingerprint density at radius 2 is 1.79 bits per heavy atom. The molecule has 1 spiro atoms. The number of epoxide rings is 2. The fourth-order valence-electron chi connectivity index (χ4n) is 5.40. The van der Waals surface area contributed by atoms with Gasteiger partial charge in [-0.3, -0.25) is 4.79 Å². The highest BCUT2D eigenvalue weighted by atomic mass is 16.6. The molecular formula is C26H44N2O6. The summed E-state index contributed by atoms with van der Waals surface area (Å²) in [7, 11) is 1.69. The predicted molar refractivity (Wildman–Crippen MR) is 130 cm³/mol. The van der Waals surface area contributed by atoms with Crippen LogP contribution in [0.15, 0.2) is 11.6 Å². The average molecular weight is 481 g/mol. The molecular weight excluding hydrogens is 436 g/mol. The summed E-state index contributed by atoms with van der Waals surface area (Å²) in [4.78, 5) is 23.7. The summed E-state index contributed by atoms with van der Waals surface area (Å²) in [5.74, 6) is 0.119. The van der Waals surface area contributed by atoms with Gasteiger partial charge in [0.05, 0.1) is 18.6 Å². The number of nitrogens with one attached hydrogen (secondary N) is 2. The molecule has 2 amide bonds. The zero-order valence-electron chi connectivity index (χ0n) is 21.6. The molecule has 194 valence electrons. The number of ether oxygens (including phenoxy) is 4. The van der Waals surface area contributed by atoms with Gasteiger partial charge in [0.1, 0.15) is 23.4 Å². The maximum atomic E-state index is 12.5. The molecule has 3 rings (SSSR count). The van der Waals surface area contributed by atoms with Crippen LogP contribution in [0, 0.1) is 5.92 Å². The van der Waals surface area contributed by atoms with E-state index in [9.17, 15) is 9.59 Å². The van der Waals surface area contributed by atoms with Crippen LogP contribution in [-0.4, -0.2) is 68.3 Å². The number of methoxy groups -OCH3 is 1. The molecule has 0 aromatic rings. The normalized spacial score (nSPS) is 33.8. The summed E-state index contributed by atoms with van der Waals surface area (Å²) in [5, 5.41) is 5.76. The molecule has 34 heavy (non-hydrogen) atoms. The molecule has 2 saturated heterocycles. The number of alkyl carbamates (subject to hydrolysis) is 1. The monoisotopic (exact) mass is 480 g/mol. The number of unbranched alkanes of at least 4 members (excludes halogenated alkanes) is 3. The molecule has 8 nitrogen and oxygen atoms in total. The Bertz CT molecular complexity index is 733. The number of amides is 2. The summed E-state index contributed by atoms with van der Waals surface area (Å²) in [6.45, 7) is 10.2. The first kappa shape index (κ1) is 27.0. The minimum absolute atomic E-state index is 0.0281. The first-order valence-electron chi connectivity index (χ1n) is 12.9. The molecule has 6 unspecified atom stereocenters. The lowest BCUT2D eigenvalue weighted by Gasteiger charge is -2.42. The second-order valence-corrected chi connectivity index (χ2v) is 10.4. The van der Waals surface area contributed by atoms with E-state index < -0.39 is 6.09 Å². The molecule has 2 N–H and O–H groups in total. The van der Waals surface area contributed by atoms with Gasteiger partial charge >= 0.3 is 6.09 Å². The SMILES string of the molecule is CCC(=O)NCCCCCCNC(=O)OC1CCC2(CO2)C(C2(C)OC2CC=C(C)C)C1OC. The van der Waals surface area contributed by atoms with Gasteiger partial charge in [-0.2, -0.15) is 0 Å². The molecule has 0 bridgehead atoms. The zero-order valence-corrected chi connectivity index (χ0v) is 21.6. The van der Waals surface area contributed by atoms with Gasteiger partial charge in [-0.15, -0.1) is 0 Å². The van der Waals surface area contributed by atoms with Gasteiger partial charge < -0.3 is 29.6 Å². The predicted octanol–water partition coefficient (Wildman–Crippen LogP) is 3.88. The molecule has 1 aliphatic carbocycles. The van der Waals surface area contributed by atoms with Gasteiger partial charge in [0, 0.05) is 26.6 Å². The third-order valence-electron chi connectivity index (χ3n) is 7.51. The number of rotatable bonds is 13. The van der Waals surface area contributed by atoms with Gasteiger partial charge in [0.2, 0.25) is 5.91 Å². The molecule has 2 heterocycles. The Labute approximate surface area is 204 Å². The van der Waals surface area contributed by atoms with E-state index in [4.69, 9.17) is 18.9 Å². The van der Waals surface area contributed by atoms with Crippen LogP contribution < -0.4 is 10.6 Å². The molecule has 8 heteroatoms. The Kier molecular flexibility index (Phi) is 9.41. The van der Waals surface area contributed by atoms with Crippen molar-refractivity contribution in [3.63, 3.8) is 0 Å². The quantitative estimate of drug-likeness (QED) is 0.236. The largest absolute Gasteiger partial charge is 0.443 e. The van der Waals surface area contributed by atoms with Crippen molar-refractivity contribution in [2.45, 2.75) is 109 Å². The topological polar surface area (TPSA) is 102 Å². The van der Waals surface area contributed by atoms with E-state index in [0.29, 0.717) is 26.1 Å². The maximum absolute atomic E-state index is 12.5. The maximum Gasteiger partial charge on any atom is 0.407 e. The summed E-state index contributed by atoms with van der Waals surface area (Å²) >= 11 is 0. The van der Waals surface area contributed by atoms with Crippen molar-refractivity contribution in [2.24, 2.45) is 5.92 Å². The van der Waals surface area contributed by atoms with Crippen LogP contribution in [0.2, 0.25) is 0 Å². The van der Waals surface area contributed by atoms with Crippen LogP contribution in [0.5, 0.6) is 0 Å². The van der Waals surface area contributed by atoms with Crippen LogP contribution in [0.3, 0.4) is 0 Å². The first-order valence-corrected chi connectivity index (χ1v) is 12.9. The smallest absolute Gasteiger partial charge is 0.407 e. The van der Waals surface area contributed by atoms with E-state index >= 15 is 0 Å². The lowest BCUT2D eigenvalue weighted by atomic mass is 9.68. The Morgan fingerprint density at radius 1 is 1.12 bits per heavy atom. The van der Waals surface area contributed by atoms with Crippen LogP contribution >= 0.6 is 0 Å². The molecule has 1 saturated carbocycles. The lowest BCUT2D eigenvalue weighted by Crippen LogP contribution is -2.56. The summed E-state index contributed by atoms with van der Waals surface area (Å²) in [6.07, 6.45) is 8.18. The fourth-order valence-corrected chi connectivity index (χ4v) is 5.40. The third-order valence-corrected chi connectivity index (χ3v) is 7.51. The number of carbonyl (C=O) groups is 2. The van der Waals surface area contributed by atoms with Gasteiger partial charge in [-0.25, -0.2) is 4.79 Å². The zero-order chi connectivity index (χ0) is 24.8. The number of allylic oxidation sites excluding steroid dienone is 1. The van der Waals surface area contributed by atoms with Crippen LogP contribution in [0.4, 0.5) is 4.79 Å². The molecule has 0 aromatic carbocycles. The van der Waals surface area contributed by atoms with Crippen LogP contribution in [-0.2, 0) is 23.7 Å². The van der Waals surface area contributed by atoms with E-state index in [1.165, 1.54) is 5.57 Å². The van der Waals surface area contributed by atoms with Crippen molar-refractivity contribution in [1.82, 2.24) is 10.6 Å². The van der Waals surface area contributed by atoms with Crippen LogP contribution in [0.25, 0.3) is 0 Å². The van der Waals surface area contributed by atoms with Crippen molar-refractivity contribution < 1.29 is 28.5 Å². The highest BCUT2D eigenvalue weighted by Gasteiger charge is 2.72. The van der Waals surface area contributed by atoms with Gasteiger partial charge in [0.15, 0.2) is 0 Å². The molecule has 3 aliphatic rings. The number of hydrogen-bond donors (Lipinski definition) is 2. The molecule has 6 atom stereocenters. The Balaban J connectivity index is 1.43. The van der Waals surface area contributed by atoms with E-state index in [1.54, 1.807) is 7.11 Å². The minimum Gasteiger partial charge on any atom is -0.443 e. The van der Waals surface area contributed by atoms with Crippen molar-refractivity contribution in [2.75, 3.05) is 26.8 Å². The summed E-state index contributed by atoms with van der Waals surface area (Å²) < 4.78 is 23.9. The Morgan fingerprint density at radius 3 is 2.38 bits per heavy atom. The summed E-state index contributed by atoms with van der Waals surface area (Å²) in [6, 6.07) is 0. The first-order chi connectivity index (χ1) is 16.3. The molecule has 0 radical (unpaired) electrons. The van der Waals surface area contributed by atoms with Crippen LogP contribution in [0.1, 0.15) is 79.1 Å². The lowest BCUT2D eigenvalue weighted by molar-refractivity contribution is -0.120. The summed E-state index contributed by atoms with van der Waals surface area (Å²) in [5.41, 5.74) is 0.726. The highest BCUT2D eigenvalue weighted by molar-refractivity contribution is 5.75. The molecule has 2 aliphatic heterocycles. The number of carbonyl (C=O) groups excluding carboxylic acids is 2. The number of hydrogen-bond acceptors (Lipinski definition) is 6. The van der Waals surface area contributed by atoms with Crippen molar-refractivity contribution in [1.29, 1.82) is 0 Å². The molecule has 0 aromatic heterocycles. The van der Waals surface area contributed by atoms with Gasteiger partial charge in [-0.05, 0) is 52.9 Å². The third kappa shape index (κ3) is 6.73. The standard InChI is InChI=1S/C26H44N2O6/c1-6-21(29)27-15-9-7-8-10-16-28-24(30)33-19-13-14-26(17-32-26)23(22(19)31-5)25(4)20(34-25)12-11-18(2)3/h11,19-20,22-23H,6-10,12-17H2,1-5H3,(H,27,29)(H,28,30). The van der Waals surface area contributed by atoms with E-state index in [-0.39, 0.29) is 41.3 Å². The van der Waals surface area contributed by atoms with E-state index in [1.807, 2.05) is 6.92 Å². The second kappa shape index (κ2) is 11.9. The average Bonchev–Trinajstić information content (AvgIpc) is 3.72. The highest BCUT2D eigenvalue weighted by Crippen LogP contribution is 2.59. The van der Waals surface area contributed by atoms with E-state index in [0.717, 1.165) is 44.9 Å². The van der Waals surface area contributed by atoms with Gasteiger partial charge in [0.25, 0.3) is 0 Å². The second-order valence-electron chi connectivity index (χ2n) is 10.4. The van der Waals surface area contributed by atoms with Crippen molar-refractivity contribution in [3.8, 4) is 0 Å².